The third-order valence-corrected chi connectivity index (χ3v) is 3.50. The molecule has 1 atom stereocenters. The minimum atomic E-state index is -0.312. The molecule has 0 aliphatic rings. The molecule has 0 aliphatic carbocycles. The van der Waals surface area contributed by atoms with Gasteiger partial charge in [-0.3, -0.25) is 4.79 Å². The van der Waals surface area contributed by atoms with E-state index in [2.05, 4.69) is 10.1 Å². The monoisotopic (exact) mass is 291 g/mol. The van der Waals surface area contributed by atoms with Gasteiger partial charge >= 0.3 is 5.97 Å². The highest BCUT2D eigenvalue weighted by Crippen LogP contribution is 2.20. The van der Waals surface area contributed by atoms with Gasteiger partial charge < -0.3 is 4.74 Å². The van der Waals surface area contributed by atoms with Gasteiger partial charge in [0.15, 0.2) is 0 Å². The minimum Gasteiger partial charge on any atom is -0.465 e. The molecule has 0 saturated heterocycles. The molecule has 1 aromatic heterocycles. The van der Waals surface area contributed by atoms with Crippen LogP contribution in [-0.2, 0) is 9.53 Å². The molecule has 20 heavy (non-hydrogen) atoms. The molecule has 1 aromatic carbocycles. The SMILES string of the molecule is CCCOC(=O)[C@@H](C)Sc1ncn(-c2ccccc2)n1. The molecule has 6 heteroatoms. The van der Waals surface area contributed by atoms with Crippen LogP contribution < -0.4 is 0 Å². The number of rotatable bonds is 6. The summed E-state index contributed by atoms with van der Waals surface area (Å²) in [6.45, 7) is 4.22. The van der Waals surface area contributed by atoms with Crippen LogP contribution in [0.5, 0.6) is 0 Å². The number of aromatic nitrogens is 3. The fourth-order valence-corrected chi connectivity index (χ4v) is 2.26. The highest BCUT2D eigenvalue weighted by atomic mass is 32.2. The van der Waals surface area contributed by atoms with Crippen molar-refractivity contribution in [1.29, 1.82) is 0 Å². The molecule has 0 N–H and O–H groups in total. The Morgan fingerprint density at radius 1 is 1.40 bits per heavy atom. The summed E-state index contributed by atoms with van der Waals surface area (Å²) in [4.78, 5) is 15.9. The number of carbonyl (C=O) groups excluding carboxylic acids is 1. The van der Waals surface area contributed by atoms with Crippen LogP contribution in [0.15, 0.2) is 41.8 Å². The summed E-state index contributed by atoms with van der Waals surface area (Å²) in [6.07, 6.45) is 2.46. The maximum Gasteiger partial charge on any atom is 0.319 e. The quantitative estimate of drug-likeness (QED) is 0.605. The summed E-state index contributed by atoms with van der Waals surface area (Å²) in [5.41, 5.74) is 0.938. The van der Waals surface area contributed by atoms with Crippen molar-refractivity contribution in [3.8, 4) is 5.69 Å². The number of carbonyl (C=O) groups is 1. The van der Waals surface area contributed by atoms with Crippen LogP contribution in [0.2, 0.25) is 0 Å². The second-order valence-electron chi connectivity index (χ2n) is 4.23. The van der Waals surface area contributed by atoms with E-state index < -0.39 is 0 Å². The summed E-state index contributed by atoms with van der Waals surface area (Å²) >= 11 is 1.30. The maximum absolute atomic E-state index is 11.7. The van der Waals surface area contributed by atoms with Crippen molar-refractivity contribution in [2.75, 3.05) is 6.61 Å². The van der Waals surface area contributed by atoms with Crippen molar-refractivity contribution in [3.05, 3.63) is 36.7 Å². The zero-order chi connectivity index (χ0) is 14.4. The predicted molar refractivity (Wildman–Crippen MR) is 77.9 cm³/mol. The fraction of sp³-hybridized carbons (Fsp3) is 0.357. The maximum atomic E-state index is 11.7. The highest BCUT2D eigenvalue weighted by Gasteiger charge is 2.18. The number of hydrogen-bond donors (Lipinski definition) is 0. The lowest BCUT2D eigenvalue weighted by Crippen LogP contribution is -2.17. The summed E-state index contributed by atoms with van der Waals surface area (Å²) in [5, 5.41) is 4.60. The zero-order valence-corrected chi connectivity index (χ0v) is 12.3. The van der Waals surface area contributed by atoms with Crippen LogP contribution in [0.25, 0.3) is 5.69 Å². The zero-order valence-electron chi connectivity index (χ0n) is 11.5. The first-order valence-corrected chi connectivity index (χ1v) is 7.39. The lowest BCUT2D eigenvalue weighted by molar-refractivity contribution is -0.142. The average molecular weight is 291 g/mol. The Kier molecular flexibility index (Phi) is 5.17. The largest absolute Gasteiger partial charge is 0.465 e. The molecule has 0 aliphatic heterocycles. The van der Waals surface area contributed by atoms with Gasteiger partial charge in [0.1, 0.15) is 11.6 Å². The first-order chi connectivity index (χ1) is 9.70. The number of ether oxygens (including phenoxy) is 1. The van der Waals surface area contributed by atoms with Gasteiger partial charge in [0.2, 0.25) is 5.16 Å². The molecule has 0 spiro atoms. The Labute approximate surface area is 122 Å². The molecule has 0 unspecified atom stereocenters. The number of esters is 1. The first-order valence-electron chi connectivity index (χ1n) is 6.51. The Balaban J connectivity index is 1.98. The van der Waals surface area contributed by atoms with Crippen LogP contribution in [0, 0.1) is 0 Å². The highest BCUT2D eigenvalue weighted by molar-refractivity contribution is 8.00. The third kappa shape index (κ3) is 3.84. The molecule has 0 saturated carbocycles. The van der Waals surface area contributed by atoms with Gasteiger partial charge in [0, 0.05) is 0 Å². The summed E-state index contributed by atoms with van der Waals surface area (Å²) in [7, 11) is 0. The number of para-hydroxylation sites is 1. The molecule has 2 rings (SSSR count). The summed E-state index contributed by atoms with van der Waals surface area (Å²) in [6, 6.07) is 9.72. The number of nitrogens with zero attached hydrogens (tertiary/aromatic N) is 3. The first kappa shape index (κ1) is 14.6. The van der Waals surface area contributed by atoms with E-state index >= 15 is 0 Å². The number of hydrogen-bond acceptors (Lipinski definition) is 5. The van der Waals surface area contributed by atoms with Gasteiger partial charge in [0.05, 0.1) is 12.3 Å². The molecular formula is C14H17N3O2S. The molecule has 2 aromatic rings. The van der Waals surface area contributed by atoms with Crippen LogP contribution in [0.3, 0.4) is 0 Å². The molecule has 106 valence electrons. The van der Waals surface area contributed by atoms with E-state index in [1.54, 1.807) is 17.9 Å². The van der Waals surface area contributed by atoms with Crippen molar-refractivity contribution in [2.24, 2.45) is 0 Å². The van der Waals surface area contributed by atoms with Crippen molar-refractivity contribution in [2.45, 2.75) is 30.7 Å². The van der Waals surface area contributed by atoms with E-state index in [0.717, 1.165) is 12.1 Å². The fourth-order valence-electron chi connectivity index (χ4n) is 1.53. The summed E-state index contributed by atoms with van der Waals surface area (Å²) in [5.74, 6) is -0.229. The molecule has 0 amide bonds. The Morgan fingerprint density at radius 3 is 2.85 bits per heavy atom. The molecule has 0 bridgehead atoms. The van der Waals surface area contributed by atoms with Gasteiger partial charge in [-0.2, -0.15) is 0 Å². The standard InChI is InChI=1S/C14H17N3O2S/c1-3-9-19-13(18)11(2)20-14-15-10-17(16-14)12-7-5-4-6-8-12/h4-8,10-11H,3,9H2,1-2H3/t11-/m1/s1. The van der Waals surface area contributed by atoms with E-state index in [-0.39, 0.29) is 11.2 Å². The van der Waals surface area contributed by atoms with Crippen molar-refractivity contribution >= 4 is 17.7 Å². The third-order valence-electron chi connectivity index (χ3n) is 2.55. The normalized spacial score (nSPS) is 12.1. The smallest absolute Gasteiger partial charge is 0.319 e. The molecule has 1 heterocycles. The predicted octanol–water partition coefficient (Wildman–Crippen LogP) is 2.70. The van der Waals surface area contributed by atoms with Crippen LogP contribution in [0.1, 0.15) is 20.3 Å². The van der Waals surface area contributed by atoms with Gasteiger partial charge in [-0.15, -0.1) is 5.10 Å². The average Bonchev–Trinajstić information content (AvgIpc) is 2.94. The van der Waals surface area contributed by atoms with E-state index in [1.165, 1.54) is 11.8 Å². The minimum absolute atomic E-state index is 0.229. The van der Waals surface area contributed by atoms with Gasteiger partial charge in [-0.05, 0) is 25.5 Å². The second-order valence-corrected chi connectivity index (χ2v) is 5.54. The van der Waals surface area contributed by atoms with E-state index in [4.69, 9.17) is 4.74 Å². The Bertz CT molecular complexity index is 557. The Hall–Kier alpha value is -1.82. The van der Waals surface area contributed by atoms with E-state index in [0.29, 0.717) is 11.8 Å². The van der Waals surface area contributed by atoms with Gasteiger partial charge in [0.25, 0.3) is 0 Å². The van der Waals surface area contributed by atoms with Crippen LogP contribution >= 0.6 is 11.8 Å². The summed E-state index contributed by atoms with van der Waals surface area (Å²) < 4.78 is 6.78. The number of benzene rings is 1. The van der Waals surface area contributed by atoms with Crippen LogP contribution in [-0.4, -0.2) is 32.6 Å². The Morgan fingerprint density at radius 2 is 2.15 bits per heavy atom. The second kappa shape index (κ2) is 7.09. The van der Waals surface area contributed by atoms with E-state index in [9.17, 15) is 4.79 Å². The van der Waals surface area contributed by atoms with Gasteiger partial charge in [-0.25, -0.2) is 9.67 Å². The van der Waals surface area contributed by atoms with Crippen molar-refractivity contribution in [1.82, 2.24) is 14.8 Å². The lowest BCUT2D eigenvalue weighted by Gasteiger charge is -2.08. The van der Waals surface area contributed by atoms with Crippen LogP contribution in [0.4, 0.5) is 0 Å². The van der Waals surface area contributed by atoms with Crippen molar-refractivity contribution in [3.63, 3.8) is 0 Å². The van der Waals surface area contributed by atoms with Crippen molar-refractivity contribution < 1.29 is 9.53 Å². The molecular weight excluding hydrogens is 274 g/mol. The van der Waals surface area contributed by atoms with E-state index in [1.807, 2.05) is 37.3 Å². The molecule has 0 fully saturated rings. The molecule has 5 nitrogen and oxygen atoms in total. The molecule has 0 radical (unpaired) electrons. The lowest BCUT2D eigenvalue weighted by atomic mass is 10.3. The van der Waals surface area contributed by atoms with Gasteiger partial charge in [-0.1, -0.05) is 36.9 Å². The number of thioether (sulfide) groups is 1. The topological polar surface area (TPSA) is 57.0 Å².